The maximum atomic E-state index is 12.7. The molecule has 0 aliphatic carbocycles. The highest BCUT2D eigenvalue weighted by Gasteiger charge is 2.54. The van der Waals surface area contributed by atoms with Crippen LogP contribution in [0.25, 0.3) is 0 Å². The zero-order valence-electron chi connectivity index (χ0n) is 15.0. The third-order valence-corrected chi connectivity index (χ3v) is 6.43. The van der Waals surface area contributed by atoms with Crippen LogP contribution < -0.4 is 4.90 Å². The fourth-order valence-electron chi connectivity index (χ4n) is 4.02. The van der Waals surface area contributed by atoms with E-state index in [1.165, 1.54) is 6.26 Å². The molecule has 4 heterocycles. The summed E-state index contributed by atoms with van der Waals surface area (Å²) in [6.45, 7) is 6.51. The van der Waals surface area contributed by atoms with E-state index in [0.717, 1.165) is 29.5 Å². The van der Waals surface area contributed by atoms with Crippen molar-refractivity contribution in [3.05, 3.63) is 22.9 Å². The van der Waals surface area contributed by atoms with Gasteiger partial charge in [-0.15, -0.1) is 10.2 Å². The van der Waals surface area contributed by atoms with Crippen molar-refractivity contribution in [2.75, 3.05) is 37.7 Å². The van der Waals surface area contributed by atoms with Crippen LogP contribution in [0.4, 0.5) is 5.13 Å². The van der Waals surface area contributed by atoms with Crippen LogP contribution in [0.2, 0.25) is 0 Å². The zero-order valence-corrected chi connectivity index (χ0v) is 15.8. The minimum Gasteiger partial charge on any atom is -0.448 e. The molecule has 4 rings (SSSR count). The van der Waals surface area contributed by atoms with E-state index in [9.17, 15) is 9.90 Å². The monoisotopic (exact) mass is 377 g/mol. The molecule has 0 aromatic carbocycles. The summed E-state index contributed by atoms with van der Waals surface area (Å²) < 4.78 is 5.16. The topological polar surface area (TPSA) is 95.6 Å². The Morgan fingerprint density at radius 3 is 2.92 bits per heavy atom. The van der Waals surface area contributed by atoms with Crippen molar-refractivity contribution in [3.63, 3.8) is 0 Å². The first-order chi connectivity index (χ1) is 12.5. The highest BCUT2D eigenvalue weighted by molar-refractivity contribution is 7.15. The highest BCUT2D eigenvalue weighted by atomic mass is 32.1. The Bertz CT molecular complexity index is 806. The normalized spacial score (nSPS) is 25.1. The summed E-state index contributed by atoms with van der Waals surface area (Å²) >= 11 is 1.63. The minimum absolute atomic E-state index is 0.0520. The smallest absolute Gasteiger partial charge is 0.275 e. The molecule has 2 aliphatic heterocycles. The van der Waals surface area contributed by atoms with E-state index < -0.39 is 0 Å². The summed E-state index contributed by atoms with van der Waals surface area (Å²) in [5, 5.41) is 20.7. The van der Waals surface area contributed by atoms with E-state index in [4.69, 9.17) is 4.42 Å². The summed E-state index contributed by atoms with van der Waals surface area (Å²) in [7, 11) is 0. The summed E-state index contributed by atoms with van der Waals surface area (Å²) in [6.07, 6.45) is 3.40. The number of hydrogen-bond acceptors (Lipinski definition) is 8. The van der Waals surface area contributed by atoms with E-state index in [0.29, 0.717) is 31.2 Å². The second kappa shape index (κ2) is 6.62. The molecule has 26 heavy (non-hydrogen) atoms. The average Bonchev–Trinajstić information content (AvgIpc) is 3.36. The fraction of sp³-hybridized carbons (Fsp3) is 0.647. The van der Waals surface area contributed by atoms with Crippen molar-refractivity contribution in [2.45, 2.75) is 26.7 Å². The van der Waals surface area contributed by atoms with E-state index in [1.54, 1.807) is 23.2 Å². The first kappa shape index (κ1) is 17.4. The van der Waals surface area contributed by atoms with Gasteiger partial charge in [-0.1, -0.05) is 18.3 Å². The SMILES string of the molecule is CCCc1nnc(N2C[C@H]3CN(C(=O)c4coc(C)n4)C[C@@]3(CO)C2)s1. The van der Waals surface area contributed by atoms with Gasteiger partial charge in [-0.05, 0) is 6.42 Å². The number of aliphatic hydroxyl groups is 1. The van der Waals surface area contributed by atoms with Gasteiger partial charge < -0.3 is 19.3 Å². The van der Waals surface area contributed by atoms with Crippen LogP contribution in [-0.2, 0) is 6.42 Å². The Kier molecular flexibility index (Phi) is 4.44. The van der Waals surface area contributed by atoms with Crippen LogP contribution >= 0.6 is 11.3 Å². The Labute approximate surface area is 155 Å². The van der Waals surface area contributed by atoms with Crippen molar-refractivity contribution in [1.29, 1.82) is 0 Å². The lowest BCUT2D eigenvalue weighted by molar-refractivity contribution is 0.0742. The molecule has 2 aromatic heterocycles. The van der Waals surface area contributed by atoms with E-state index in [-0.39, 0.29) is 23.8 Å². The second-order valence-electron chi connectivity index (χ2n) is 7.26. The first-order valence-electron chi connectivity index (χ1n) is 8.94. The number of nitrogens with zero attached hydrogens (tertiary/aromatic N) is 5. The Morgan fingerprint density at radius 2 is 2.27 bits per heavy atom. The number of aromatic nitrogens is 3. The molecule has 9 heteroatoms. The number of oxazole rings is 1. The molecule has 2 fully saturated rings. The van der Waals surface area contributed by atoms with Crippen LogP contribution in [0.15, 0.2) is 10.7 Å². The molecular weight excluding hydrogens is 354 g/mol. The zero-order chi connectivity index (χ0) is 18.3. The molecule has 0 bridgehead atoms. The molecule has 1 N–H and O–H groups in total. The molecule has 8 nitrogen and oxygen atoms in total. The van der Waals surface area contributed by atoms with Crippen LogP contribution in [0.3, 0.4) is 0 Å². The number of carbonyl (C=O) groups is 1. The first-order valence-corrected chi connectivity index (χ1v) is 9.76. The van der Waals surface area contributed by atoms with E-state index >= 15 is 0 Å². The standard InChI is InChI=1S/C17H23N5O3S/c1-3-4-14-19-20-16(26-14)22-6-12-5-21(8-17(12,9-22)10-23)15(24)13-7-25-11(2)18-13/h7,12,23H,3-6,8-10H2,1-2H3/t12-,17+/m1/s1. The van der Waals surface area contributed by atoms with Crippen molar-refractivity contribution in [1.82, 2.24) is 20.1 Å². The van der Waals surface area contributed by atoms with Crippen LogP contribution in [0.5, 0.6) is 0 Å². The predicted molar refractivity (Wildman–Crippen MR) is 96.3 cm³/mol. The molecule has 140 valence electrons. The van der Waals surface area contributed by atoms with E-state index in [2.05, 4.69) is 27.0 Å². The van der Waals surface area contributed by atoms with Crippen molar-refractivity contribution in [3.8, 4) is 0 Å². The van der Waals surface area contributed by atoms with Gasteiger partial charge in [0.05, 0.1) is 6.61 Å². The molecule has 1 amide bonds. The third-order valence-electron chi connectivity index (χ3n) is 5.39. The number of fused-ring (bicyclic) bond motifs is 1. The average molecular weight is 377 g/mol. The summed E-state index contributed by atoms with van der Waals surface area (Å²) in [6, 6.07) is 0. The lowest BCUT2D eigenvalue weighted by Gasteiger charge is -2.26. The second-order valence-corrected chi connectivity index (χ2v) is 8.30. The Balaban J connectivity index is 1.48. The van der Waals surface area contributed by atoms with Crippen molar-refractivity contribution < 1.29 is 14.3 Å². The molecular formula is C17H23N5O3S. The summed E-state index contributed by atoms with van der Waals surface area (Å²) in [4.78, 5) is 20.8. The lowest BCUT2D eigenvalue weighted by Crippen LogP contribution is -2.39. The van der Waals surface area contributed by atoms with Gasteiger partial charge in [-0.25, -0.2) is 4.98 Å². The largest absolute Gasteiger partial charge is 0.448 e. The summed E-state index contributed by atoms with van der Waals surface area (Å²) in [5.41, 5.74) is 0.0196. The predicted octanol–water partition coefficient (Wildman–Crippen LogP) is 1.36. The number of aliphatic hydroxyl groups excluding tert-OH is 1. The highest BCUT2D eigenvalue weighted by Crippen LogP contribution is 2.44. The van der Waals surface area contributed by atoms with Gasteiger partial charge in [0.25, 0.3) is 5.91 Å². The van der Waals surface area contributed by atoms with Gasteiger partial charge in [0.2, 0.25) is 5.13 Å². The van der Waals surface area contributed by atoms with Crippen LogP contribution in [0, 0.1) is 18.3 Å². The molecule has 0 radical (unpaired) electrons. The third kappa shape index (κ3) is 2.88. The number of anilines is 1. The maximum Gasteiger partial charge on any atom is 0.275 e. The number of amides is 1. The minimum atomic E-state index is -0.314. The van der Waals surface area contributed by atoms with Crippen molar-refractivity contribution >= 4 is 22.4 Å². The molecule has 0 spiro atoms. The number of likely N-dealkylation sites (tertiary alicyclic amines) is 1. The fourth-order valence-corrected chi connectivity index (χ4v) is 4.96. The van der Waals surface area contributed by atoms with Gasteiger partial charge in [0, 0.05) is 50.9 Å². The Morgan fingerprint density at radius 1 is 1.42 bits per heavy atom. The van der Waals surface area contributed by atoms with Gasteiger partial charge >= 0.3 is 0 Å². The van der Waals surface area contributed by atoms with Crippen molar-refractivity contribution in [2.24, 2.45) is 11.3 Å². The lowest BCUT2D eigenvalue weighted by atomic mass is 9.82. The maximum absolute atomic E-state index is 12.7. The van der Waals surface area contributed by atoms with Gasteiger partial charge in [-0.2, -0.15) is 0 Å². The molecule has 2 aliphatic rings. The number of rotatable bonds is 5. The van der Waals surface area contributed by atoms with E-state index in [1.807, 2.05) is 0 Å². The molecule has 0 unspecified atom stereocenters. The van der Waals surface area contributed by atoms with Gasteiger partial charge in [0.1, 0.15) is 11.3 Å². The number of hydrogen-bond donors (Lipinski definition) is 1. The molecule has 2 aromatic rings. The summed E-state index contributed by atoms with van der Waals surface area (Å²) in [5.74, 6) is 0.565. The number of carbonyl (C=O) groups excluding carboxylic acids is 1. The molecule has 0 saturated carbocycles. The molecule has 2 saturated heterocycles. The number of aryl methyl sites for hydroxylation is 2. The van der Waals surface area contributed by atoms with Crippen LogP contribution in [-0.4, -0.2) is 63.9 Å². The van der Waals surface area contributed by atoms with Crippen LogP contribution in [0.1, 0.15) is 34.7 Å². The Hall–Kier alpha value is -2.00. The quantitative estimate of drug-likeness (QED) is 0.840. The van der Waals surface area contributed by atoms with Gasteiger partial charge in [-0.3, -0.25) is 4.79 Å². The van der Waals surface area contributed by atoms with Gasteiger partial charge in [0.15, 0.2) is 11.6 Å². The molecule has 2 atom stereocenters.